The van der Waals surface area contributed by atoms with E-state index in [0.717, 1.165) is 5.56 Å². The lowest BCUT2D eigenvalue weighted by Gasteiger charge is -2.33. The molecule has 2 aromatic rings. The monoisotopic (exact) mass is 451 g/mol. The molecule has 1 aromatic heterocycles. The number of nitrogens with zero attached hydrogens (tertiary/aromatic N) is 3. The highest BCUT2D eigenvalue weighted by Crippen LogP contribution is 2.27. The number of hydrogen-bond donors (Lipinski definition) is 0. The summed E-state index contributed by atoms with van der Waals surface area (Å²) in [5, 5.41) is 4.69. The van der Waals surface area contributed by atoms with Gasteiger partial charge in [0.1, 0.15) is 19.2 Å². The van der Waals surface area contributed by atoms with Crippen LogP contribution in [0.25, 0.3) is 0 Å². The summed E-state index contributed by atoms with van der Waals surface area (Å²) in [7, 11) is 0. The minimum Gasteiger partial charge on any atom is -0.434 e. The second kappa shape index (κ2) is 10.6. The minimum absolute atomic E-state index is 0.0241. The van der Waals surface area contributed by atoms with E-state index >= 15 is 0 Å². The van der Waals surface area contributed by atoms with Crippen molar-refractivity contribution in [2.24, 2.45) is 11.3 Å². The first-order chi connectivity index (χ1) is 14.5. The van der Waals surface area contributed by atoms with E-state index in [-0.39, 0.29) is 25.0 Å². The lowest BCUT2D eigenvalue weighted by molar-refractivity contribution is -0.227. The quantitative estimate of drug-likeness (QED) is 0.404. The summed E-state index contributed by atoms with van der Waals surface area (Å²) in [5.74, 6) is -2.54. The molecule has 0 fully saturated rings. The van der Waals surface area contributed by atoms with Gasteiger partial charge in [-0.25, -0.2) is 14.5 Å². The van der Waals surface area contributed by atoms with Crippen molar-refractivity contribution in [2.75, 3.05) is 6.61 Å². The molecule has 0 bridgehead atoms. The number of rotatable bonds is 9. The van der Waals surface area contributed by atoms with Crippen molar-refractivity contribution in [3.63, 3.8) is 0 Å². The zero-order chi connectivity index (χ0) is 23.1. The fourth-order valence-electron chi connectivity index (χ4n) is 2.57. The molecule has 0 radical (unpaired) electrons. The van der Waals surface area contributed by atoms with E-state index in [0.29, 0.717) is 11.4 Å². The van der Waals surface area contributed by atoms with Gasteiger partial charge in [-0.1, -0.05) is 58.4 Å². The molecule has 0 aliphatic carbocycles. The number of halogens is 1. The first kappa shape index (κ1) is 24.7. The Hall–Kier alpha value is -2.61. The Bertz CT molecular complexity index is 847. The van der Waals surface area contributed by atoms with E-state index in [1.54, 1.807) is 26.0 Å². The first-order valence-corrected chi connectivity index (χ1v) is 10.5. The van der Waals surface area contributed by atoms with E-state index in [9.17, 15) is 9.59 Å². The summed E-state index contributed by atoms with van der Waals surface area (Å²) in [6.45, 7) is 9.34. The van der Waals surface area contributed by atoms with Crippen LogP contribution in [0.3, 0.4) is 0 Å². The summed E-state index contributed by atoms with van der Waals surface area (Å²) in [6, 6.07) is 7.28. The molecule has 1 aromatic carbocycles. The molecule has 0 saturated carbocycles. The average molecular weight is 452 g/mol. The number of aromatic nitrogens is 3. The van der Waals surface area contributed by atoms with Crippen LogP contribution in [0.15, 0.2) is 36.9 Å². The number of carbonyl (C=O) groups excluding carboxylic acids is 2. The van der Waals surface area contributed by atoms with Crippen molar-refractivity contribution in [2.45, 2.75) is 59.8 Å². The Morgan fingerprint density at radius 2 is 1.81 bits per heavy atom. The van der Waals surface area contributed by atoms with E-state index in [1.807, 2.05) is 32.9 Å². The summed E-state index contributed by atoms with van der Waals surface area (Å²) >= 11 is 5.97. The van der Waals surface area contributed by atoms with Crippen molar-refractivity contribution >= 4 is 23.7 Å². The van der Waals surface area contributed by atoms with Gasteiger partial charge in [-0.2, -0.15) is 5.10 Å². The first-order valence-electron chi connectivity index (χ1n) is 10.1. The topological polar surface area (TPSA) is 92.5 Å². The molecule has 0 amide bonds. The molecule has 9 heteroatoms. The molecule has 0 N–H and O–H groups in total. The molecule has 31 heavy (non-hydrogen) atoms. The number of benzene rings is 1. The highest BCUT2D eigenvalue weighted by atomic mass is 35.5. The highest BCUT2D eigenvalue weighted by molar-refractivity contribution is 6.30. The predicted molar refractivity (Wildman–Crippen MR) is 115 cm³/mol. The van der Waals surface area contributed by atoms with Crippen LogP contribution >= 0.6 is 11.6 Å². The van der Waals surface area contributed by atoms with Crippen LogP contribution in [0.4, 0.5) is 4.79 Å². The van der Waals surface area contributed by atoms with E-state index in [2.05, 4.69) is 10.1 Å². The molecule has 0 saturated heterocycles. The number of aryl methyl sites for hydroxylation is 1. The van der Waals surface area contributed by atoms with Gasteiger partial charge >= 0.3 is 12.1 Å². The largest absolute Gasteiger partial charge is 0.511 e. The van der Waals surface area contributed by atoms with E-state index in [4.69, 9.17) is 25.8 Å². The Morgan fingerprint density at radius 1 is 1.13 bits per heavy atom. The fraction of sp³-hybridized carbons (Fsp3) is 0.545. The summed E-state index contributed by atoms with van der Waals surface area (Å²) in [5.41, 5.74) is 0.700. The second-order valence-electron chi connectivity index (χ2n) is 8.91. The van der Waals surface area contributed by atoms with Crippen molar-refractivity contribution in [1.29, 1.82) is 0 Å². The van der Waals surface area contributed by atoms with Gasteiger partial charge in [0.2, 0.25) is 0 Å². The zero-order valence-corrected chi connectivity index (χ0v) is 19.4. The van der Waals surface area contributed by atoms with Crippen LogP contribution in [-0.2, 0) is 32.0 Å². The average Bonchev–Trinajstić information content (AvgIpc) is 3.18. The van der Waals surface area contributed by atoms with Crippen molar-refractivity contribution in [1.82, 2.24) is 14.8 Å². The van der Waals surface area contributed by atoms with Gasteiger partial charge in [-0.3, -0.25) is 4.79 Å². The van der Waals surface area contributed by atoms with Gasteiger partial charge in [-0.05, 0) is 29.5 Å². The molecular weight excluding hydrogens is 422 g/mol. The molecule has 1 unspecified atom stereocenters. The molecule has 0 aliphatic heterocycles. The number of hydrogen-bond acceptors (Lipinski definition) is 7. The van der Waals surface area contributed by atoms with Gasteiger partial charge < -0.3 is 14.2 Å². The van der Waals surface area contributed by atoms with Gasteiger partial charge in [-0.15, -0.1) is 0 Å². The zero-order valence-electron chi connectivity index (χ0n) is 18.6. The Balaban J connectivity index is 2.29. The second-order valence-corrected chi connectivity index (χ2v) is 9.34. The Kier molecular flexibility index (Phi) is 8.44. The van der Waals surface area contributed by atoms with E-state index in [1.165, 1.54) is 17.3 Å². The molecule has 0 aliphatic rings. The van der Waals surface area contributed by atoms with Gasteiger partial charge in [0.05, 0.1) is 12.5 Å². The number of carbonyl (C=O) groups is 2. The summed E-state index contributed by atoms with van der Waals surface area (Å²) in [6.07, 6.45) is 2.56. The molecule has 170 valence electrons. The fourth-order valence-corrected chi connectivity index (χ4v) is 2.70. The normalized spacial score (nSPS) is 13.5. The van der Waals surface area contributed by atoms with Gasteiger partial charge in [0, 0.05) is 11.4 Å². The standard InChI is InChI=1S/C22H30ClN3O5/c1-16(2)19(27)30-22(12-26-15-24-14-25-26,31-20(28)29-13-21(3,4)5)11-10-17-6-8-18(23)9-7-17/h6-9,14-16H,10-13H2,1-5H3. The molecule has 1 heterocycles. The van der Waals surface area contributed by atoms with Crippen LogP contribution in [0.1, 0.15) is 46.6 Å². The van der Waals surface area contributed by atoms with Gasteiger partial charge in [0.25, 0.3) is 5.79 Å². The van der Waals surface area contributed by atoms with Crippen molar-refractivity contribution in [3.8, 4) is 0 Å². The van der Waals surface area contributed by atoms with Crippen LogP contribution < -0.4 is 0 Å². The number of ether oxygens (including phenoxy) is 3. The minimum atomic E-state index is -1.62. The van der Waals surface area contributed by atoms with Gasteiger partial charge in [0.15, 0.2) is 0 Å². The maximum atomic E-state index is 12.5. The molecule has 8 nitrogen and oxygen atoms in total. The van der Waals surface area contributed by atoms with Crippen molar-refractivity contribution in [3.05, 3.63) is 47.5 Å². The third-order valence-corrected chi connectivity index (χ3v) is 4.48. The molecule has 0 spiro atoms. The SMILES string of the molecule is CC(C)C(=O)OC(CCc1ccc(Cl)cc1)(Cn1cncn1)OC(=O)OCC(C)(C)C. The number of esters is 1. The third-order valence-electron chi connectivity index (χ3n) is 4.23. The molecule has 1 atom stereocenters. The third kappa shape index (κ3) is 8.57. The van der Waals surface area contributed by atoms with Crippen molar-refractivity contribution < 1.29 is 23.8 Å². The highest BCUT2D eigenvalue weighted by Gasteiger charge is 2.41. The maximum absolute atomic E-state index is 12.5. The summed E-state index contributed by atoms with van der Waals surface area (Å²) < 4.78 is 18.1. The van der Waals surface area contributed by atoms with E-state index < -0.39 is 23.8 Å². The van der Waals surface area contributed by atoms with Crippen LogP contribution in [0, 0.1) is 11.3 Å². The Labute approximate surface area is 187 Å². The summed E-state index contributed by atoms with van der Waals surface area (Å²) in [4.78, 5) is 29.0. The lowest BCUT2D eigenvalue weighted by Crippen LogP contribution is -2.46. The van der Waals surface area contributed by atoms with Crippen LogP contribution in [-0.4, -0.2) is 39.3 Å². The maximum Gasteiger partial charge on any atom is 0.511 e. The smallest absolute Gasteiger partial charge is 0.434 e. The van der Waals surface area contributed by atoms with Crippen LogP contribution in [0.2, 0.25) is 5.02 Å². The predicted octanol–water partition coefficient (Wildman–Crippen LogP) is 4.66. The Morgan fingerprint density at radius 3 is 2.35 bits per heavy atom. The van der Waals surface area contributed by atoms with Crippen LogP contribution in [0.5, 0.6) is 0 Å². The molecular formula is C22H30ClN3O5. The molecule has 2 rings (SSSR count). The lowest BCUT2D eigenvalue weighted by atomic mass is 9.99.